The van der Waals surface area contributed by atoms with Crippen LogP contribution in [0.25, 0.3) is 0 Å². The molecule has 1 aromatic carbocycles. The molecule has 1 atom stereocenters. The minimum Gasteiger partial charge on any atom is -0.335 e. The number of nitrogens with zero attached hydrogens (tertiary/aromatic N) is 4. The summed E-state index contributed by atoms with van der Waals surface area (Å²) in [7, 11) is 0. The molecule has 2 N–H and O–H groups in total. The first-order valence-corrected chi connectivity index (χ1v) is 13.4. The third-order valence-corrected chi connectivity index (χ3v) is 7.70. The first kappa shape index (κ1) is 24.7. The molecule has 9 heteroatoms. The molecule has 2 fully saturated rings. The number of likely N-dealkylation sites (tertiary alicyclic amines) is 1. The summed E-state index contributed by atoms with van der Waals surface area (Å²) in [5.41, 5.74) is 1.16. The minimum atomic E-state index is -0.473. The van der Waals surface area contributed by atoms with E-state index in [0.717, 1.165) is 56.7 Å². The summed E-state index contributed by atoms with van der Waals surface area (Å²) in [5.74, 6) is 0.598. The Morgan fingerprint density at radius 1 is 1.00 bits per heavy atom. The van der Waals surface area contributed by atoms with Gasteiger partial charge in [-0.1, -0.05) is 67.8 Å². The molecule has 1 aromatic heterocycles. The molecular weight excluding hydrogens is 448 g/mol. The maximum Gasteiger partial charge on any atom is 0.321 e. The average Bonchev–Trinajstić information content (AvgIpc) is 3.21. The maximum atomic E-state index is 12.7. The van der Waals surface area contributed by atoms with Crippen LogP contribution < -0.4 is 10.6 Å². The van der Waals surface area contributed by atoms with Gasteiger partial charge in [0.1, 0.15) is 5.82 Å². The molecule has 3 amide bonds. The van der Waals surface area contributed by atoms with Crippen LogP contribution in [0.4, 0.5) is 4.79 Å². The Morgan fingerprint density at radius 2 is 1.71 bits per heavy atom. The van der Waals surface area contributed by atoms with Gasteiger partial charge in [0.2, 0.25) is 5.91 Å². The number of carbonyl (C=O) groups is 2. The van der Waals surface area contributed by atoms with E-state index in [4.69, 9.17) is 0 Å². The minimum absolute atomic E-state index is 0.163. The van der Waals surface area contributed by atoms with E-state index in [1.165, 1.54) is 37.4 Å². The van der Waals surface area contributed by atoms with Gasteiger partial charge in [-0.25, -0.2) is 4.79 Å². The number of aromatic nitrogens is 3. The number of piperidine rings is 1. The van der Waals surface area contributed by atoms with Crippen molar-refractivity contribution >= 4 is 23.7 Å². The number of urea groups is 1. The third-order valence-electron chi connectivity index (χ3n) is 6.62. The highest BCUT2D eigenvalue weighted by molar-refractivity contribution is 8.00. The van der Waals surface area contributed by atoms with Crippen molar-refractivity contribution in [3.05, 3.63) is 41.7 Å². The Morgan fingerprint density at radius 3 is 2.44 bits per heavy atom. The lowest BCUT2D eigenvalue weighted by Gasteiger charge is -2.26. The lowest BCUT2D eigenvalue weighted by atomic mass is 9.96. The molecule has 1 saturated heterocycles. The average molecular weight is 485 g/mol. The molecule has 2 aromatic rings. The molecule has 0 unspecified atom stereocenters. The Kier molecular flexibility index (Phi) is 8.98. The van der Waals surface area contributed by atoms with E-state index < -0.39 is 11.3 Å². The summed E-state index contributed by atoms with van der Waals surface area (Å²) in [6, 6.07) is 9.99. The number of benzene rings is 1. The zero-order valence-electron chi connectivity index (χ0n) is 20.0. The molecule has 1 aliphatic carbocycles. The zero-order chi connectivity index (χ0) is 23.8. The van der Waals surface area contributed by atoms with Gasteiger partial charge in [0.05, 0.1) is 18.3 Å². The highest BCUT2D eigenvalue weighted by atomic mass is 32.2. The monoisotopic (exact) mass is 484 g/mol. The predicted octanol–water partition coefficient (Wildman–Crippen LogP) is 3.95. The topological polar surface area (TPSA) is 92.2 Å². The van der Waals surface area contributed by atoms with Crippen molar-refractivity contribution in [3.63, 3.8) is 0 Å². The summed E-state index contributed by atoms with van der Waals surface area (Å²) in [6.07, 6.45) is 9.15. The van der Waals surface area contributed by atoms with E-state index in [9.17, 15) is 9.59 Å². The highest BCUT2D eigenvalue weighted by Crippen LogP contribution is 2.25. The summed E-state index contributed by atoms with van der Waals surface area (Å²) in [6.45, 7) is 5.37. The summed E-state index contributed by atoms with van der Waals surface area (Å²) >= 11 is 1.35. The fourth-order valence-electron chi connectivity index (χ4n) is 4.66. The standard InChI is InChI=1S/C25H36N6O2S/c1-19(23(32)27-24(33)26-21-13-7-3-8-14-21)34-25-29-28-22(18-30-15-9-4-10-16-30)31(25)17-20-11-5-2-6-12-20/h2,5-6,11-12,19,21H,3-4,7-10,13-18H2,1H3,(H2,26,27,32,33)/t19-/m1/s1. The first-order valence-electron chi connectivity index (χ1n) is 12.5. The van der Waals surface area contributed by atoms with Crippen LogP contribution in [-0.4, -0.2) is 56.0 Å². The Hall–Kier alpha value is -2.39. The van der Waals surface area contributed by atoms with Crippen LogP contribution in [0, 0.1) is 0 Å². The third kappa shape index (κ3) is 7.06. The molecule has 0 bridgehead atoms. The van der Waals surface area contributed by atoms with Crippen LogP contribution >= 0.6 is 11.8 Å². The van der Waals surface area contributed by atoms with Gasteiger partial charge in [-0.05, 0) is 51.3 Å². The van der Waals surface area contributed by atoms with Crippen LogP contribution in [0.2, 0.25) is 0 Å². The van der Waals surface area contributed by atoms with E-state index >= 15 is 0 Å². The van der Waals surface area contributed by atoms with Gasteiger partial charge in [0, 0.05) is 6.04 Å². The van der Waals surface area contributed by atoms with Gasteiger partial charge in [0.15, 0.2) is 5.16 Å². The van der Waals surface area contributed by atoms with Gasteiger partial charge in [-0.3, -0.25) is 15.0 Å². The molecule has 184 valence electrons. The lowest BCUT2D eigenvalue weighted by molar-refractivity contribution is -0.119. The second-order valence-electron chi connectivity index (χ2n) is 9.37. The molecule has 2 heterocycles. The van der Waals surface area contributed by atoms with Gasteiger partial charge in [0.25, 0.3) is 0 Å². The highest BCUT2D eigenvalue weighted by Gasteiger charge is 2.24. The quantitative estimate of drug-likeness (QED) is 0.551. The van der Waals surface area contributed by atoms with Crippen LogP contribution in [0.1, 0.15) is 69.7 Å². The van der Waals surface area contributed by atoms with Gasteiger partial charge in [-0.2, -0.15) is 0 Å². The number of rotatable bonds is 8. The van der Waals surface area contributed by atoms with Crippen LogP contribution in [0.5, 0.6) is 0 Å². The summed E-state index contributed by atoms with van der Waals surface area (Å²) < 4.78 is 2.11. The lowest BCUT2D eigenvalue weighted by Crippen LogP contribution is -2.47. The van der Waals surface area contributed by atoms with Crippen LogP contribution in [0.3, 0.4) is 0 Å². The number of hydrogen-bond acceptors (Lipinski definition) is 6. The molecule has 4 rings (SSSR count). The zero-order valence-corrected chi connectivity index (χ0v) is 20.9. The molecule has 8 nitrogen and oxygen atoms in total. The van der Waals surface area contributed by atoms with E-state index in [2.05, 4.69) is 42.4 Å². The second kappa shape index (κ2) is 12.4. The van der Waals surface area contributed by atoms with Gasteiger partial charge >= 0.3 is 6.03 Å². The number of amides is 3. The Balaban J connectivity index is 1.40. The molecular formula is C25H36N6O2S. The maximum absolute atomic E-state index is 12.7. The number of thioether (sulfide) groups is 1. The van der Waals surface area contributed by atoms with Crippen molar-refractivity contribution in [1.29, 1.82) is 0 Å². The Labute approximate surface area is 206 Å². The smallest absolute Gasteiger partial charge is 0.321 e. The van der Waals surface area contributed by atoms with Gasteiger partial charge in [-0.15, -0.1) is 10.2 Å². The fraction of sp³-hybridized carbons (Fsp3) is 0.600. The summed E-state index contributed by atoms with van der Waals surface area (Å²) in [5, 5.41) is 14.6. The predicted molar refractivity (Wildman–Crippen MR) is 134 cm³/mol. The van der Waals surface area contributed by atoms with Crippen molar-refractivity contribution in [2.24, 2.45) is 0 Å². The number of nitrogens with one attached hydrogen (secondary N) is 2. The van der Waals surface area contributed by atoms with E-state index in [1.54, 1.807) is 6.92 Å². The van der Waals surface area contributed by atoms with E-state index in [1.807, 2.05) is 18.2 Å². The SMILES string of the molecule is C[C@@H](Sc1nnc(CN2CCCCC2)n1Cc1ccccc1)C(=O)NC(=O)NC1CCCCC1. The Bertz CT molecular complexity index is 938. The number of hydrogen-bond donors (Lipinski definition) is 2. The van der Waals surface area contributed by atoms with Crippen molar-refractivity contribution < 1.29 is 9.59 Å². The number of imide groups is 1. The molecule has 1 saturated carbocycles. The van der Waals surface area contributed by atoms with Crippen molar-refractivity contribution in [2.45, 2.75) is 87.8 Å². The molecule has 0 spiro atoms. The normalized spacial score (nSPS) is 18.4. The van der Waals surface area contributed by atoms with Crippen molar-refractivity contribution in [1.82, 2.24) is 30.3 Å². The molecule has 34 heavy (non-hydrogen) atoms. The van der Waals surface area contributed by atoms with Crippen LogP contribution in [-0.2, 0) is 17.9 Å². The van der Waals surface area contributed by atoms with Crippen molar-refractivity contribution in [3.8, 4) is 0 Å². The fourth-order valence-corrected chi connectivity index (χ4v) is 5.53. The van der Waals surface area contributed by atoms with Gasteiger partial charge < -0.3 is 9.88 Å². The van der Waals surface area contributed by atoms with E-state index in [0.29, 0.717) is 11.7 Å². The number of carbonyl (C=O) groups excluding carboxylic acids is 2. The first-order chi connectivity index (χ1) is 16.6. The molecule has 0 radical (unpaired) electrons. The largest absolute Gasteiger partial charge is 0.335 e. The van der Waals surface area contributed by atoms with E-state index in [-0.39, 0.29) is 11.9 Å². The molecule has 1 aliphatic heterocycles. The van der Waals surface area contributed by atoms with Crippen LogP contribution in [0.15, 0.2) is 35.5 Å². The summed E-state index contributed by atoms with van der Waals surface area (Å²) in [4.78, 5) is 27.5. The molecule has 2 aliphatic rings. The van der Waals surface area contributed by atoms with Crippen molar-refractivity contribution in [2.75, 3.05) is 13.1 Å². The second-order valence-corrected chi connectivity index (χ2v) is 10.7.